The van der Waals surface area contributed by atoms with Gasteiger partial charge in [-0.1, -0.05) is 29.5 Å². The lowest BCUT2D eigenvalue weighted by Crippen LogP contribution is -2.44. The predicted molar refractivity (Wildman–Crippen MR) is 150 cm³/mol. The molecule has 2 aromatic carbocycles. The first-order valence-electron chi connectivity index (χ1n) is 12.9. The Bertz CT molecular complexity index is 1580. The van der Waals surface area contributed by atoms with Crippen LogP contribution >= 0.6 is 11.3 Å². The number of rotatable bonds is 8. The molecule has 200 valence electrons. The summed E-state index contributed by atoms with van der Waals surface area (Å²) >= 11 is 1.45. The van der Waals surface area contributed by atoms with E-state index >= 15 is 0 Å². The molecule has 0 aliphatic carbocycles. The number of hydrogen-bond acceptors (Lipinski definition) is 8. The second kappa shape index (κ2) is 11.1. The molecule has 0 saturated carbocycles. The van der Waals surface area contributed by atoms with Crippen molar-refractivity contribution in [1.82, 2.24) is 35.2 Å². The average molecular weight is 547 g/mol. The number of halogens is 2. The zero-order valence-electron chi connectivity index (χ0n) is 21.4. The SMILES string of the molecule is C[C@@H](c1ccc(F)cc1-c1cccc2cc(-c3nc(NCCn4ccnn4)ncc3F)sc12)N1CCNCC1. The third-order valence-corrected chi connectivity index (χ3v) is 8.26. The van der Waals surface area contributed by atoms with Crippen molar-refractivity contribution in [1.29, 1.82) is 0 Å². The van der Waals surface area contributed by atoms with Crippen molar-refractivity contribution in [2.45, 2.75) is 19.5 Å². The second-order valence-corrected chi connectivity index (χ2v) is 10.6. The van der Waals surface area contributed by atoms with E-state index in [4.69, 9.17) is 0 Å². The molecule has 8 nitrogen and oxygen atoms in total. The van der Waals surface area contributed by atoms with Crippen molar-refractivity contribution in [2.75, 3.05) is 38.0 Å². The number of thiophene rings is 1. The summed E-state index contributed by atoms with van der Waals surface area (Å²) in [7, 11) is 0. The number of anilines is 1. The molecule has 0 spiro atoms. The molecule has 3 aromatic heterocycles. The highest BCUT2D eigenvalue weighted by molar-refractivity contribution is 7.22. The van der Waals surface area contributed by atoms with Gasteiger partial charge in [-0.3, -0.25) is 9.58 Å². The number of aromatic nitrogens is 5. The fraction of sp³-hybridized carbons (Fsp3) is 0.286. The second-order valence-electron chi connectivity index (χ2n) is 9.51. The summed E-state index contributed by atoms with van der Waals surface area (Å²) in [6.45, 7) is 7.01. The number of piperazine rings is 1. The molecule has 11 heteroatoms. The van der Waals surface area contributed by atoms with Gasteiger partial charge in [-0.15, -0.1) is 16.4 Å². The first-order valence-corrected chi connectivity index (χ1v) is 13.8. The van der Waals surface area contributed by atoms with Crippen molar-refractivity contribution in [3.8, 4) is 21.7 Å². The van der Waals surface area contributed by atoms with Crippen LogP contribution in [0.15, 0.2) is 61.1 Å². The Balaban J connectivity index is 1.34. The zero-order valence-corrected chi connectivity index (χ0v) is 22.3. The van der Waals surface area contributed by atoms with Crippen LogP contribution in [0, 0.1) is 11.6 Å². The van der Waals surface area contributed by atoms with E-state index in [1.54, 1.807) is 23.1 Å². The molecule has 0 radical (unpaired) electrons. The van der Waals surface area contributed by atoms with Crippen molar-refractivity contribution in [3.63, 3.8) is 0 Å². The highest BCUT2D eigenvalue weighted by atomic mass is 32.1. The van der Waals surface area contributed by atoms with Crippen LogP contribution in [-0.4, -0.2) is 62.6 Å². The summed E-state index contributed by atoms with van der Waals surface area (Å²) in [6.07, 6.45) is 4.56. The molecule has 0 unspecified atom stereocenters. The van der Waals surface area contributed by atoms with E-state index in [1.807, 2.05) is 30.3 Å². The molecular weight excluding hydrogens is 518 g/mol. The molecule has 0 amide bonds. The van der Waals surface area contributed by atoms with Crippen LogP contribution < -0.4 is 10.6 Å². The number of benzene rings is 2. The standard InChI is InChI=1S/C28H28F2N8S/c1-18(37-11-7-31-8-12-37)21-6-5-20(29)16-23(21)22-4-2-3-19-15-25(39-27(19)22)26-24(30)17-33-28(35-26)32-9-13-38-14-10-34-36-38/h2-6,10,14-18,31H,7-9,11-13H2,1H3,(H,32,33,35)/t18-/m0/s1. The Labute approximate surface area is 228 Å². The summed E-state index contributed by atoms with van der Waals surface area (Å²) in [5.74, 6) is -0.441. The van der Waals surface area contributed by atoms with Gasteiger partial charge in [-0.05, 0) is 47.2 Å². The quantitative estimate of drug-likeness (QED) is 0.284. The molecule has 2 N–H and O–H groups in total. The van der Waals surface area contributed by atoms with Gasteiger partial charge in [0.15, 0.2) is 5.82 Å². The van der Waals surface area contributed by atoms with E-state index in [9.17, 15) is 8.78 Å². The number of fused-ring (bicyclic) bond motifs is 1. The first-order chi connectivity index (χ1) is 19.1. The van der Waals surface area contributed by atoms with Crippen molar-refractivity contribution < 1.29 is 8.78 Å². The molecule has 1 atom stereocenters. The Morgan fingerprint density at radius 2 is 1.97 bits per heavy atom. The lowest BCUT2D eigenvalue weighted by atomic mass is 9.93. The monoisotopic (exact) mass is 546 g/mol. The molecule has 0 bridgehead atoms. The molecule has 1 aliphatic rings. The van der Waals surface area contributed by atoms with E-state index in [-0.39, 0.29) is 17.6 Å². The third kappa shape index (κ3) is 5.38. The molecule has 1 saturated heterocycles. The Morgan fingerprint density at radius 1 is 1.10 bits per heavy atom. The van der Waals surface area contributed by atoms with E-state index in [0.717, 1.165) is 53.0 Å². The Kier molecular flexibility index (Phi) is 7.27. The van der Waals surface area contributed by atoms with Gasteiger partial charge in [0.05, 0.1) is 23.8 Å². The number of hydrogen-bond donors (Lipinski definition) is 2. The normalized spacial score (nSPS) is 15.1. The van der Waals surface area contributed by atoms with Gasteiger partial charge in [0, 0.05) is 49.7 Å². The molecule has 1 aliphatic heterocycles. The summed E-state index contributed by atoms with van der Waals surface area (Å²) in [6, 6.07) is 13.1. The third-order valence-electron chi connectivity index (χ3n) is 7.07. The van der Waals surface area contributed by atoms with Gasteiger partial charge < -0.3 is 10.6 Å². The summed E-state index contributed by atoms with van der Waals surface area (Å²) in [4.78, 5) is 11.7. The fourth-order valence-electron chi connectivity index (χ4n) is 5.04. The molecule has 5 aromatic rings. The van der Waals surface area contributed by atoms with Crippen LogP contribution in [0.4, 0.5) is 14.7 Å². The van der Waals surface area contributed by atoms with Gasteiger partial charge in [-0.25, -0.2) is 18.7 Å². The van der Waals surface area contributed by atoms with E-state index in [0.29, 0.717) is 23.9 Å². The molecule has 4 heterocycles. The minimum Gasteiger partial charge on any atom is -0.352 e. The maximum Gasteiger partial charge on any atom is 0.223 e. The zero-order chi connectivity index (χ0) is 26.8. The smallest absolute Gasteiger partial charge is 0.223 e. The lowest BCUT2D eigenvalue weighted by molar-refractivity contribution is 0.186. The van der Waals surface area contributed by atoms with E-state index in [1.165, 1.54) is 23.6 Å². The molecular formula is C28H28F2N8S. The van der Waals surface area contributed by atoms with Gasteiger partial charge in [0.1, 0.15) is 11.5 Å². The Morgan fingerprint density at radius 3 is 2.79 bits per heavy atom. The van der Waals surface area contributed by atoms with Crippen LogP contribution in [0.1, 0.15) is 18.5 Å². The Hall–Kier alpha value is -3.80. The van der Waals surface area contributed by atoms with Crippen LogP contribution in [0.5, 0.6) is 0 Å². The lowest BCUT2D eigenvalue weighted by Gasteiger charge is -2.34. The summed E-state index contributed by atoms with van der Waals surface area (Å²) in [5.41, 5.74) is 3.10. The molecule has 6 rings (SSSR count). The summed E-state index contributed by atoms with van der Waals surface area (Å²) in [5, 5.41) is 15.2. The van der Waals surface area contributed by atoms with Crippen molar-refractivity contribution >= 4 is 27.4 Å². The van der Waals surface area contributed by atoms with Crippen LogP contribution in [-0.2, 0) is 6.54 Å². The van der Waals surface area contributed by atoms with Gasteiger partial charge in [0.25, 0.3) is 0 Å². The topological polar surface area (TPSA) is 83.8 Å². The number of nitrogens with zero attached hydrogens (tertiary/aromatic N) is 6. The van der Waals surface area contributed by atoms with Crippen molar-refractivity contribution in [2.24, 2.45) is 0 Å². The van der Waals surface area contributed by atoms with E-state index in [2.05, 4.69) is 42.7 Å². The van der Waals surface area contributed by atoms with Crippen LogP contribution in [0.2, 0.25) is 0 Å². The minimum atomic E-state index is -0.497. The molecule has 1 fully saturated rings. The maximum atomic E-state index is 15.0. The van der Waals surface area contributed by atoms with Gasteiger partial charge >= 0.3 is 0 Å². The molecule has 39 heavy (non-hydrogen) atoms. The highest BCUT2D eigenvalue weighted by Gasteiger charge is 2.23. The minimum absolute atomic E-state index is 0.128. The summed E-state index contributed by atoms with van der Waals surface area (Å²) < 4.78 is 32.2. The van der Waals surface area contributed by atoms with Crippen LogP contribution in [0.3, 0.4) is 0 Å². The maximum absolute atomic E-state index is 15.0. The predicted octanol–water partition coefficient (Wildman–Crippen LogP) is 4.97. The van der Waals surface area contributed by atoms with Gasteiger partial charge in [0.2, 0.25) is 5.95 Å². The highest BCUT2D eigenvalue weighted by Crippen LogP contribution is 2.42. The number of nitrogens with one attached hydrogen (secondary N) is 2. The van der Waals surface area contributed by atoms with E-state index < -0.39 is 5.82 Å². The average Bonchev–Trinajstić information content (AvgIpc) is 3.64. The first kappa shape index (κ1) is 25.5. The van der Waals surface area contributed by atoms with Crippen molar-refractivity contribution in [3.05, 3.63) is 78.3 Å². The largest absolute Gasteiger partial charge is 0.352 e. The van der Waals surface area contributed by atoms with Crippen LogP contribution in [0.25, 0.3) is 31.8 Å². The fourth-order valence-corrected chi connectivity index (χ4v) is 6.22. The van der Waals surface area contributed by atoms with Gasteiger partial charge in [-0.2, -0.15) is 0 Å².